The first-order chi connectivity index (χ1) is 22.8. The molecule has 3 nitrogen and oxygen atoms in total. The van der Waals surface area contributed by atoms with Crippen molar-refractivity contribution in [2.45, 2.75) is 0 Å². The molecule has 0 unspecified atom stereocenters. The van der Waals surface area contributed by atoms with Crippen LogP contribution in [0.5, 0.6) is 0 Å². The molecule has 0 amide bonds. The molecule has 46 heavy (non-hydrogen) atoms. The van der Waals surface area contributed by atoms with Crippen LogP contribution < -0.4 is 0 Å². The average Bonchev–Trinajstić information content (AvgIpc) is 3.86. The van der Waals surface area contributed by atoms with Crippen LogP contribution in [0.4, 0.5) is 0 Å². The molecule has 0 atom stereocenters. The molecule has 0 saturated heterocycles. The van der Waals surface area contributed by atoms with Gasteiger partial charge in [0.25, 0.3) is 0 Å². The van der Waals surface area contributed by atoms with E-state index in [1.54, 1.807) is 0 Å². The second-order valence-corrected chi connectivity index (χ2v) is 13.1. The van der Waals surface area contributed by atoms with Crippen molar-refractivity contribution in [2.75, 3.05) is 0 Å². The molecule has 4 heteroatoms. The second kappa shape index (κ2) is 8.87. The first-order valence-corrected chi connectivity index (χ1v) is 16.4. The van der Waals surface area contributed by atoms with Gasteiger partial charge < -0.3 is 13.6 Å². The summed E-state index contributed by atoms with van der Waals surface area (Å²) in [6.07, 6.45) is 0. The Bertz CT molecular complexity index is 3030. The van der Waals surface area contributed by atoms with Crippen molar-refractivity contribution in [3.05, 3.63) is 146 Å². The van der Waals surface area contributed by atoms with E-state index in [-0.39, 0.29) is 0 Å². The van der Waals surface area contributed by atoms with Crippen LogP contribution in [0.1, 0.15) is 0 Å². The van der Waals surface area contributed by atoms with Gasteiger partial charge in [0, 0.05) is 59.2 Å². The molecule has 11 aromatic rings. The molecule has 214 valence electrons. The van der Waals surface area contributed by atoms with E-state index in [1.165, 1.54) is 69.5 Å². The average molecular weight is 605 g/mol. The minimum absolute atomic E-state index is 0.908. The van der Waals surface area contributed by atoms with E-state index in [2.05, 4.69) is 149 Å². The Labute approximate surface area is 266 Å². The maximum atomic E-state index is 6.26. The number of hydrogen-bond donors (Lipinski definition) is 0. The van der Waals surface area contributed by atoms with Crippen molar-refractivity contribution in [3.63, 3.8) is 0 Å². The predicted molar refractivity (Wildman–Crippen MR) is 195 cm³/mol. The Morgan fingerprint density at radius 1 is 0.413 bits per heavy atom. The minimum atomic E-state index is 0.908. The summed E-state index contributed by atoms with van der Waals surface area (Å²) in [5.74, 6) is 0. The summed E-state index contributed by atoms with van der Waals surface area (Å²) in [4.78, 5) is 0. The molecular formula is C42H24N2OS. The molecule has 0 aliphatic carbocycles. The van der Waals surface area contributed by atoms with Gasteiger partial charge in [0.15, 0.2) is 0 Å². The van der Waals surface area contributed by atoms with Gasteiger partial charge in [0.2, 0.25) is 0 Å². The molecule has 11 rings (SSSR count). The van der Waals surface area contributed by atoms with Crippen LogP contribution in [-0.2, 0) is 0 Å². The van der Waals surface area contributed by atoms with Gasteiger partial charge in [-0.1, -0.05) is 91.0 Å². The third-order valence-electron chi connectivity index (χ3n) is 9.68. The van der Waals surface area contributed by atoms with Gasteiger partial charge >= 0.3 is 0 Å². The van der Waals surface area contributed by atoms with Gasteiger partial charge in [-0.2, -0.15) is 0 Å². The summed E-state index contributed by atoms with van der Waals surface area (Å²) < 4.78 is 13.8. The number of furan rings is 1. The number of fused-ring (bicyclic) bond motifs is 15. The van der Waals surface area contributed by atoms with Crippen LogP contribution in [0, 0.1) is 0 Å². The highest BCUT2D eigenvalue weighted by atomic mass is 32.1. The van der Waals surface area contributed by atoms with Gasteiger partial charge in [0.1, 0.15) is 11.2 Å². The minimum Gasteiger partial charge on any atom is -0.456 e. The van der Waals surface area contributed by atoms with Gasteiger partial charge in [-0.05, 0) is 54.6 Å². The third kappa shape index (κ3) is 3.06. The van der Waals surface area contributed by atoms with E-state index in [9.17, 15) is 0 Å². The summed E-state index contributed by atoms with van der Waals surface area (Å²) in [5.41, 5.74) is 9.08. The third-order valence-corrected chi connectivity index (χ3v) is 10.9. The Morgan fingerprint density at radius 3 is 1.78 bits per heavy atom. The molecule has 0 N–H and O–H groups in total. The van der Waals surface area contributed by atoms with E-state index >= 15 is 0 Å². The molecule has 0 fully saturated rings. The van der Waals surface area contributed by atoms with E-state index < -0.39 is 0 Å². The fourth-order valence-corrected chi connectivity index (χ4v) is 9.10. The molecule has 0 radical (unpaired) electrons. The van der Waals surface area contributed by atoms with E-state index in [1.807, 2.05) is 17.4 Å². The maximum Gasteiger partial charge on any atom is 0.135 e. The first-order valence-electron chi connectivity index (χ1n) is 15.6. The number of thiophene rings is 1. The fourth-order valence-electron chi connectivity index (χ4n) is 7.85. The molecular weight excluding hydrogens is 581 g/mol. The maximum absolute atomic E-state index is 6.26. The Morgan fingerprint density at radius 2 is 1.00 bits per heavy atom. The highest BCUT2D eigenvalue weighted by molar-refractivity contribution is 7.27. The first kappa shape index (κ1) is 24.5. The molecule has 7 aromatic carbocycles. The molecule has 0 bridgehead atoms. The van der Waals surface area contributed by atoms with Gasteiger partial charge in [-0.3, -0.25) is 0 Å². The van der Waals surface area contributed by atoms with Crippen molar-refractivity contribution in [2.24, 2.45) is 0 Å². The van der Waals surface area contributed by atoms with Crippen molar-refractivity contribution in [1.29, 1.82) is 0 Å². The predicted octanol–water partition coefficient (Wildman–Crippen LogP) is 12.1. The number of hydrogen-bond acceptors (Lipinski definition) is 2. The van der Waals surface area contributed by atoms with Gasteiger partial charge in [-0.25, -0.2) is 0 Å². The molecule has 0 aliphatic heterocycles. The standard InChI is InChI=1S/C42H24N2OS/c1-2-12-25(13-3-1)43-32-18-8-5-16-29(32)38-37-28-15-4-9-19-33(28)44(26-22-23-35-31(24-26)27-14-6-10-20-34(27)45-35)40(37)39-30-17-7-11-21-36(30)46-42(39)41(38)43/h1-24H. The van der Waals surface area contributed by atoms with Crippen molar-refractivity contribution < 1.29 is 4.42 Å². The zero-order chi connectivity index (χ0) is 29.9. The van der Waals surface area contributed by atoms with E-state index in [0.717, 1.165) is 27.6 Å². The summed E-state index contributed by atoms with van der Waals surface area (Å²) in [7, 11) is 0. The number of rotatable bonds is 2. The SMILES string of the molecule is c1ccc(-n2c3ccccc3c3c4c5ccccc5n(-c5ccc6oc7ccccc7c6c5)c4c4c5ccccc5sc4c32)cc1. The zero-order valence-electron chi connectivity index (χ0n) is 24.6. The smallest absolute Gasteiger partial charge is 0.135 e. The largest absolute Gasteiger partial charge is 0.456 e. The Balaban J connectivity index is 1.44. The lowest BCUT2D eigenvalue weighted by atomic mass is 10.0. The molecule has 0 spiro atoms. The van der Waals surface area contributed by atoms with E-state index in [0.29, 0.717) is 0 Å². The van der Waals surface area contributed by atoms with Crippen LogP contribution in [0.2, 0.25) is 0 Å². The van der Waals surface area contributed by atoms with Crippen LogP contribution >= 0.6 is 11.3 Å². The monoisotopic (exact) mass is 604 g/mol. The second-order valence-electron chi connectivity index (χ2n) is 12.1. The highest BCUT2D eigenvalue weighted by Gasteiger charge is 2.26. The lowest BCUT2D eigenvalue weighted by Crippen LogP contribution is -1.95. The Hall–Kier alpha value is -5.84. The van der Waals surface area contributed by atoms with Crippen molar-refractivity contribution in [1.82, 2.24) is 9.13 Å². The summed E-state index contributed by atoms with van der Waals surface area (Å²) in [6, 6.07) is 52.5. The van der Waals surface area contributed by atoms with Crippen molar-refractivity contribution >= 4 is 97.1 Å². The highest BCUT2D eigenvalue weighted by Crippen LogP contribution is 2.51. The molecule has 4 aromatic heterocycles. The molecule has 0 aliphatic rings. The van der Waals surface area contributed by atoms with Crippen LogP contribution in [-0.4, -0.2) is 9.13 Å². The topological polar surface area (TPSA) is 23.0 Å². The van der Waals surface area contributed by atoms with E-state index in [4.69, 9.17) is 4.42 Å². The molecule has 0 saturated carbocycles. The van der Waals surface area contributed by atoms with Gasteiger partial charge in [-0.15, -0.1) is 11.3 Å². The van der Waals surface area contributed by atoms with Crippen molar-refractivity contribution in [3.8, 4) is 11.4 Å². The summed E-state index contributed by atoms with van der Waals surface area (Å²) in [6.45, 7) is 0. The zero-order valence-corrected chi connectivity index (χ0v) is 25.4. The number of benzene rings is 7. The van der Waals surface area contributed by atoms with Gasteiger partial charge in [0.05, 0.1) is 26.8 Å². The number of aromatic nitrogens is 2. The fraction of sp³-hybridized carbons (Fsp3) is 0. The van der Waals surface area contributed by atoms with Crippen LogP contribution in [0.3, 0.4) is 0 Å². The number of nitrogens with zero attached hydrogens (tertiary/aromatic N) is 2. The number of para-hydroxylation sites is 4. The lowest BCUT2D eigenvalue weighted by Gasteiger charge is -2.12. The Kier molecular flexibility index (Phi) is 4.72. The normalized spacial score (nSPS) is 12.3. The summed E-state index contributed by atoms with van der Waals surface area (Å²) >= 11 is 1.90. The van der Waals surface area contributed by atoms with Crippen LogP contribution in [0.15, 0.2) is 150 Å². The quantitative estimate of drug-likeness (QED) is 0.192. The van der Waals surface area contributed by atoms with Crippen LogP contribution in [0.25, 0.3) is 97.1 Å². The summed E-state index contributed by atoms with van der Waals surface area (Å²) in [5, 5.41) is 9.99. The lowest BCUT2D eigenvalue weighted by molar-refractivity contribution is 0.669. The molecule has 4 heterocycles.